The van der Waals surface area contributed by atoms with Gasteiger partial charge < -0.3 is 14.9 Å². The monoisotopic (exact) mass is 252 g/mol. The maximum Gasteiger partial charge on any atom is 0.335 e. The summed E-state index contributed by atoms with van der Waals surface area (Å²) in [6.45, 7) is 3.16. The number of carbonyl (C=O) groups is 2. The molecule has 0 amide bonds. The number of aliphatic hydroxyl groups excluding tert-OH is 1. The molecule has 0 radical (unpaired) electrons. The van der Waals surface area contributed by atoms with Crippen LogP contribution in [0.2, 0.25) is 0 Å². The molecule has 0 aliphatic carbocycles. The van der Waals surface area contributed by atoms with Crippen LogP contribution in [0.25, 0.3) is 0 Å². The third-order valence-corrected chi connectivity index (χ3v) is 2.53. The van der Waals surface area contributed by atoms with E-state index in [1.807, 2.05) is 0 Å². The molecule has 1 atom stereocenters. The number of carboxylic acids is 1. The highest BCUT2D eigenvalue weighted by Gasteiger charge is 2.19. The Labute approximate surface area is 105 Å². The number of aryl methyl sites for hydroxylation is 1. The van der Waals surface area contributed by atoms with Crippen molar-refractivity contribution in [2.45, 2.75) is 26.4 Å². The second kappa shape index (κ2) is 5.64. The largest absolute Gasteiger partial charge is 0.496 e. The van der Waals surface area contributed by atoms with Crippen LogP contribution in [0, 0.1) is 6.92 Å². The maximum atomic E-state index is 11.9. The minimum absolute atomic E-state index is 0.0242. The number of ketones is 1. The Morgan fingerprint density at radius 2 is 2.00 bits per heavy atom. The number of hydrogen-bond donors (Lipinski definition) is 2. The topological polar surface area (TPSA) is 83.8 Å². The molecule has 0 bridgehead atoms. The van der Waals surface area contributed by atoms with E-state index >= 15 is 0 Å². The van der Waals surface area contributed by atoms with Gasteiger partial charge in [0.1, 0.15) is 5.75 Å². The number of benzene rings is 1. The van der Waals surface area contributed by atoms with Crippen molar-refractivity contribution in [3.8, 4) is 5.75 Å². The summed E-state index contributed by atoms with van der Waals surface area (Å²) in [4.78, 5) is 22.8. The molecule has 0 unspecified atom stereocenters. The number of methoxy groups -OCH3 is 1. The predicted molar refractivity (Wildman–Crippen MR) is 65.3 cm³/mol. The second-order valence-electron chi connectivity index (χ2n) is 4.15. The normalized spacial score (nSPS) is 12.0. The quantitative estimate of drug-likeness (QED) is 0.778. The van der Waals surface area contributed by atoms with E-state index in [-0.39, 0.29) is 23.5 Å². The van der Waals surface area contributed by atoms with Crippen LogP contribution in [0.4, 0.5) is 0 Å². The van der Waals surface area contributed by atoms with Crippen LogP contribution < -0.4 is 4.74 Å². The molecule has 5 heteroatoms. The van der Waals surface area contributed by atoms with Gasteiger partial charge in [0.25, 0.3) is 0 Å². The second-order valence-corrected chi connectivity index (χ2v) is 4.15. The minimum Gasteiger partial charge on any atom is -0.496 e. The molecule has 98 valence electrons. The van der Waals surface area contributed by atoms with Gasteiger partial charge in [-0.15, -0.1) is 0 Å². The van der Waals surface area contributed by atoms with Gasteiger partial charge in [-0.25, -0.2) is 4.79 Å². The Hall–Kier alpha value is -1.88. The molecule has 18 heavy (non-hydrogen) atoms. The number of aromatic carboxylic acids is 1. The Morgan fingerprint density at radius 3 is 2.44 bits per heavy atom. The van der Waals surface area contributed by atoms with Gasteiger partial charge in [-0.1, -0.05) is 0 Å². The summed E-state index contributed by atoms with van der Waals surface area (Å²) in [6, 6.07) is 2.73. The fraction of sp³-hybridized carbons (Fsp3) is 0.385. The highest BCUT2D eigenvalue weighted by molar-refractivity contribution is 6.01. The van der Waals surface area contributed by atoms with Crippen molar-refractivity contribution >= 4 is 11.8 Å². The average molecular weight is 252 g/mol. The van der Waals surface area contributed by atoms with E-state index in [0.29, 0.717) is 11.1 Å². The Kier molecular flexibility index (Phi) is 4.44. The van der Waals surface area contributed by atoms with E-state index < -0.39 is 12.1 Å². The van der Waals surface area contributed by atoms with Gasteiger partial charge in [-0.05, 0) is 31.5 Å². The molecule has 0 heterocycles. The molecule has 1 aromatic carbocycles. The van der Waals surface area contributed by atoms with Gasteiger partial charge in [0.15, 0.2) is 5.78 Å². The smallest absolute Gasteiger partial charge is 0.335 e. The molecule has 0 fully saturated rings. The first-order valence-electron chi connectivity index (χ1n) is 5.50. The molecular weight excluding hydrogens is 236 g/mol. The van der Waals surface area contributed by atoms with Gasteiger partial charge in [0.2, 0.25) is 0 Å². The lowest BCUT2D eigenvalue weighted by molar-refractivity contribution is 0.0695. The standard InChI is InChI=1S/C13H16O5/c1-7-4-9(13(16)17)6-11(18-3)12(7)10(15)5-8(2)14/h4,6,8,14H,5H2,1-3H3,(H,16,17)/t8-/m0/s1. The van der Waals surface area contributed by atoms with E-state index in [4.69, 9.17) is 9.84 Å². The number of rotatable bonds is 5. The SMILES string of the molecule is COc1cc(C(=O)O)cc(C)c1C(=O)C[C@H](C)O. The average Bonchev–Trinajstić information content (AvgIpc) is 2.26. The van der Waals surface area contributed by atoms with Crippen LogP contribution in [0.5, 0.6) is 5.75 Å². The van der Waals surface area contributed by atoms with E-state index in [9.17, 15) is 14.7 Å². The molecule has 0 spiro atoms. The number of ether oxygens (including phenoxy) is 1. The van der Waals surface area contributed by atoms with Crippen LogP contribution in [0.15, 0.2) is 12.1 Å². The fourth-order valence-electron chi connectivity index (χ4n) is 1.77. The summed E-state index contributed by atoms with van der Waals surface area (Å²) >= 11 is 0. The molecule has 2 N–H and O–H groups in total. The van der Waals surface area contributed by atoms with Crippen molar-refractivity contribution in [3.05, 3.63) is 28.8 Å². The van der Waals surface area contributed by atoms with Crippen molar-refractivity contribution in [1.29, 1.82) is 0 Å². The first-order chi connectivity index (χ1) is 8.36. The van der Waals surface area contributed by atoms with E-state index in [1.165, 1.54) is 26.2 Å². The van der Waals surface area contributed by atoms with Crippen molar-refractivity contribution in [2.24, 2.45) is 0 Å². The fourth-order valence-corrected chi connectivity index (χ4v) is 1.77. The predicted octanol–water partition coefficient (Wildman–Crippen LogP) is 1.66. The van der Waals surface area contributed by atoms with E-state index in [0.717, 1.165) is 0 Å². The Balaban J connectivity index is 3.27. The summed E-state index contributed by atoms with van der Waals surface area (Å²) in [7, 11) is 1.37. The molecule has 5 nitrogen and oxygen atoms in total. The van der Waals surface area contributed by atoms with Crippen LogP contribution in [-0.2, 0) is 0 Å². The van der Waals surface area contributed by atoms with Crippen LogP contribution in [0.3, 0.4) is 0 Å². The molecule has 0 aliphatic rings. The van der Waals surface area contributed by atoms with Crippen LogP contribution >= 0.6 is 0 Å². The van der Waals surface area contributed by atoms with Gasteiger partial charge in [0, 0.05) is 6.42 Å². The first-order valence-corrected chi connectivity index (χ1v) is 5.50. The Bertz CT molecular complexity index is 477. The number of hydrogen-bond acceptors (Lipinski definition) is 4. The highest BCUT2D eigenvalue weighted by Crippen LogP contribution is 2.26. The lowest BCUT2D eigenvalue weighted by Crippen LogP contribution is -2.13. The molecule has 0 saturated carbocycles. The number of carboxylic acid groups (broad SMARTS) is 1. The molecule has 0 aromatic heterocycles. The van der Waals surface area contributed by atoms with Crippen molar-refractivity contribution in [2.75, 3.05) is 7.11 Å². The molecule has 0 saturated heterocycles. The zero-order chi connectivity index (χ0) is 13.9. The van der Waals surface area contributed by atoms with E-state index in [1.54, 1.807) is 6.92 Å². The van der Waals surface area contributed by atoms with Crippen molar-refractivity contribution < 1.29 is 24.5 Å². The van der Waals surface area contributed by atoms with Gasteiger partial charge in [-0.3, -0.25) is 4.79 Å². The maximum absolute atomic E-state index is 11.9. The zero-order valence-electron chi connectivity index (χ0n) is 10.6. The molecule has 0 aliphatic heterocycles. The van der Waals surface area contributed by atoms with Gasteiger partial charge >= 0.3 is 5.97 Å². The van der Waals surface area contributed by atoms with Crippen molar-refractivity contribution in [1.82, 2.24) is 0 Å². The summed E-state index contributed by atoms with van der Waals surface area (Å²) in [5, 5.41) is 18.1. The summed E-state index contributed by atoms with van der Waals surface area (Å²) in [5.41, 5.74) is 0.916. The molecule has 1 aromatic rings. The van der Waals surface area contributed by atoms with Crippen LogP contribution in [-0.4, -0.2) is 35.2 Å². The van der Waals surface area contributed by atoms with Crippen molar-refractivity contribution in [3.63, 3.8) is 0 Å². The third kappa shape index (κ3) is 3.07. The molecule has 1 rings (SSSR count). The van der Waals surface area contributed by atoms with Crippen LogP contribution in [0.1, 0.15) is 39.6 Å². The third-order valence-electron chi connectivity index (χ3n) is 2.53. The molecular formula is C13H16O5. The Morgan fingerprint density at radius 1 is 1.39 bits per heavy atom. The highest BCUT2D eigenvalue weighted by atomic mass is 16.5. The zero-order valence-corrected chi connectivity index (χ0v) is 10.6. The minimum atomic E-state index is -1.08. The lowest BCUT2D eigenvalue weighted by Gasteiger charge is -2.12. The summed E-state index contributed by atoms with van der Waals surface area (Å²) in [5.74, 6) is -1.12. The summed E-state index contributed by atoms with van der Waals surface area (Å²) < 4.78 is 5.05. The van der Waals surface area contributed by atoms with Gasteiger partial charge in [0.05, 0.1) is 24.3 Å². The number of carbonyl (C=O) groups excluding carboxylic acids is 1. The van der Waals surface area contributed by atoms with E-state index in [2.05, 4.69) is 0 Å². The number of aliphatic hydroxyl groups is 1. The first kappa shape index (κ1) is 14.2. The lowest BCUT2D eigenvalue weighted by atomic mass is 9.97. The van der Waals surface area contributed by atoms with Gasteiger partial charge in [-0.2, -0.15) is 0 Å². The summed E-state index contributed by atoms with van der Waals surface area (Å²) in [6.07, 6.45) is -0.773. The number of Topliss-reactive ketones (excluding diaryl/α,β-unsaturated/α-hetero) is 1.